The molecular formula is C14H17N3O2. The third-order valence-corrected chi connectivity index (χ3v) is 3.71. The van der Waals surface area contributed by atoms with E-state index in [4.69, 9.17) is 4.74 Å². The highest BCUT2D eigenvalue weighted by atomic mass is 16.5. The van der Waals surface area contributed by atoms with E-state index in [0.29, 0.717) is 6.61 Å². The standard InChI is InChI=1S/C14H17N3O2/c1-3-17-11-5-8-15-9-10(11)16-12(17)14(6-7-14)13(18)19-4-2/h5,8-9H,3-4,6-7H2,1-2H3. The number of hydrogen-bond donors (Lipinski definition) is 0. The van der Waals surface area contributed by atoms with Crippen molar-refractivity contribution in [1.82, 2.24) is 14.5 Å². The summed E-state index contributed by atoms with van der Waals surface area (Å²) in [6.07, 6.45) is 5.14. The number of rotatable bonds is 4. The van der Waals surface area contributed by atoms with Gasteiger partial charge in [0.2, 0.25) is 0 Å². The van der Waals surface area contributed by atoms with Crippen molar-refractivity contribution >= 4 is 17.0 Å². The molecule has 1 aliphatic carbocycles. The minimum Gasteiger partial charge on any atom is -0.465 e. The maximum Gasteiger partial charge on any atom is 0.319 e. The molecular weight excluding hydrogens is 242 g/mol. The van der Waals surface area contributed by atoms with Crippen LogP contribution in [0, 0.1) is 0 Å². The van der Waals surface area contributed by atoms with Gasteiger partial charge in [-0.05, 0) is 32.8 Å². The van der Waals surface area contributed by atoms with Gasteiger partial charge in [0.1, 0.15) is 16.8 Å². The number of nitrogens with zero attached hydrogens (tertiary/aromatic N) is 3. The molecule has 2 aromatic rings. The molecule has 2 heterocycles. The predicted molar refractivity (Wildman–Crippen MR) is 70.7 cm³/mol. The Morgan fingerprint density at radius 2 is 2.26 bits per heavy atom. The van der Waals surface area contributed by atoms with Crippen LogP contribution in [0.2, 0.25) is 0 Å². The van der Waals surface area contributed by atoms with E-state index in [2.05, 4.69) is 21.5 Å². The number of fused-ring (bicyclic) bond motifs is 1. The van der Waals surface area contributed by atoms with Crippen LogP contribution < -0.4 is 0 Å². The lowest BCUT2D eigenvalue weighted by Gasteiger charge is -2.15. The first-order valence-corrected chi connectivity index (χ1v) is 6.71. The Morgan fingerprint density at radius 1 is 1.47 bits per heavy atom. The molecule has 19 heavy (non-hydrogen) atoms. The van der Waals surface area contributed by atoms with E-state index in [1.54, 1.807) is 12.4 Å². The summed E-state index contributed by atoms with van der Waals surface area (Å²) in [6, 6.07) is 1.94. The van der Waals surface area contributed by atoms with Crippen molar-refractivity contribution in [2.75, 3.05) is 6.61 Å². The van der Waals surface area contributed by atoms with Gasteiger partial charge in [0.05, 0.1) is 18.3 Å². The second-order valence-electron chi connectivity index (χ2n) is 4.85. The highest BCUT2D eigenvalue weighted by Gasteiger charge is 2.56. The van der Waals surface area contributed by atoms with E-state index in [1.165, 1.54) is 0 Å². The van der Waals surface area contributed by atoms with Gasteiger partial charge in [-0.2, -0.15) is 0 Å². The van der Waals surface area contributed by atoms with Crippen LogP contribution in [0.4, 0.5) is 0 Å². The van der Waals surface area contributed by atoms with Crippen molar-refractivity contribution in [3.63, 3.8) is 0 Å². The van der Waals surface area contributed by atoms with Gasteiger partial charge < -0.3 is 9.30 Å². The Morgan fingerprint density at radius 3 is 2.89 bits per heavy atom. The van der Waals surface area contributed by atoms with Crippen molar-refractivity contribution < 1.29 is 9.53 Å². The quantitative estimate of drug-likeness (QED) is 0.788. The lowest BCUT2D eigenvalue weighted by atomic mass is 10.1. The van der Waals surface area contributed by atoms with Crippen LogP contribution in [0.25, 0.3) is 11.0 Å². The van der Waals surface area contributed by atoms with E-state index in [1.807, 2.05) is 13.0 Å². The summed E-state index contributed by atoms with van der Waals surface area (Å²) in [6.45, 7) is 5.10. The van der Waals surface area contributed by atoms with Crippen LogP contribution in [-0.4, -0.2) is 27.1 Å². The van der Waals surface area contributed by atoms with Crippen LogP contribution >= 0.6 is 0 Å². The molecule has 0 atom stereocenters. The fourth-order valence-corrected chi connectivity index (χ4v) is 2.58. The highest BCUT2D eigenvalue weighted by Crippen LogP contribution is 2.49. The van der Waals surface area contributed by atoms with Crippen LogP contribution in [0.5, 0.6) is 0 Å². The van der Waals surface area contributed by atoms with Gasteiger partial charge in [-0.25, -0.2) is 4.98 Å². The van der Waals surface area contributed by atoms with Gasteiger partial charge in [-0.1, -0.05) is 0 Å². The summed E-state index contributed by atoms with van der Waals surface area (Å²) in [4.78, 5) is 20.9. The zero-order valence-electron chi connectivity index (χ0n) is 11.2. The van der Waals surface area contributed by atoms with Gasteiger partial charge in [-0.15, -0.1) is 0 Å². The molecule has 1 aliphatic rings. The largest absolute Gasteiger partial charge is 0.465 e. The molecule has 0 aliphatic heterocycles. The molecule has 0 unspecified atom stereocenters. The van der Waals surface area contributed by atoms with Crippen molar-refractivity contribution in [2.45, 2.75) is 38.6 Å². The minimum absolute atomic E-state index is 0.145. The van der Waals surface area contributed by atoms with Crippen molar-refractivity contribution in [2.24, 2.45) is 0 Å². The average molecular weight is 259 g/mol. The molecule has 0 aromatic carbocycles. The number of hydrogen-bond acceptors (Lipinski definition) is 4. The highest BCUT2D eigenvalue weighted by molar-refractivity contribution is 5.87. The Kier molecular flexibility index (Phi) is 2.77. The third kappa shape index (κ3) is 1.72. The van der Waals surface area contributed by atoms with Crippen molar-refractivity contribution in [3.05, 3.63) is 24.3 Å². The predicted octanol–water partition coefficient (Wildman–Crippen LogP) is 2.05. The fourth-order valence-electron chi connectivity index (χ4n) is 2.58. The van der Waals surface area contributed by atoms with Crippen LogP contribution in [0.1, 0.15) is 32.5 Å². The lowest BCUT2D eigenvalue weighted by Crippen LogP contribution is -2.27. The maximum absolute atomic E-state index is 12.2. The second kappa shape index (κ2) is 4.33. The zero-order chi connectivity index (χ0) is 13.5. The molecule has 0 N–H and O–H groups in total. The SMILES string of the molecule is CCOC(=O)C1(c2nc3cnccc3n2CC)CC1. The second-order valence-corrected chi connectivity index (χ2v) is 4.85. The smallest absolute Gasteiger partial charge is 0.319 e. The fraction of sp³-hybridized carbons (Fsp3) is 0.500. The van der Waals surface area contributed by atoms with Crippen LogP contribution in [0.15, 0.2) is 18.5 Å². The van der Waals surface area contributed by atoms with Crippen LogP contribution in [0.3, 0.4) is 0 Å². The number of carbonyl (C=O) groups excluding carboxylic acids is 1. The summed E-state index contributed by atoms with van der Waals surface area (Å²) < 4.78 is 7.31. The molecule has 0 bridgehead atoms. The summed E-state index contributed by atoms with van der Waals surface area (Å²) in [7, 11) is 0. The Hall–Kier alpha value is -1.91. The molecule has 5 heteroatoms. The first-order valence-electron chi connectivity index (χ1n) is 6.71. The molecule has 5 nitrogen and oxygen atoms in total. The average Bonchev–Trinajstić information content (AvgIpc) is 3.14. The van der Waals surface area contributed by atoms with Crippen molar-refractivity contribution in [1.29, 1.82) is 0 Å². The topological polar surface area (TPSA) is 57.0 Å². The first kappa shape index (κ1) is 12.1. The monoisotopic (exact) mass is 259 g/mol. The number of ether oxygens (including phenoxy) is 1. The summed E-state index contributed by atoms with van der Waals surface area (Å²) in [5.41, 5.74) is 1.35. The molecule has 0 amide bonds. The minimum atomic E-state index is -0.523. The number of esters is 1. The molecule has 3 rings (SSSR count). The number of aromatic nitrogens is 3. The van der Waals surface area contributed by atoms with E-state index in [-0.39, 0.29) is 5.97 Å². The van der Waals surface area contributed by atoms with Gasteiger partial charge in [0, 0.05) is 12.7 Å². The Balaban J connectivity index is 2.12. The summed E-state index contributed by atoms with van der Waals surface area (Å²) in [5.74, 6) is 0.685. The van der Waals surface area contributed by atoms with Crippen molar-refractivity contribution in [3.8, 4) is 0 Å². The van der Waals surface area contributed by atoms with E-state index in [9.17, 15) is 4.79 Å². The number of imidazole rings is 1. The summed E-state index contributed by atoms with van der Waals surface area (Å²) >= 11 is 0. The molecule has 1 saturated carbocycles. The third-order valence-electron chi connectivity index (χ3n) is 3.71. The number of carbonyl (C=O) groups is 1. The molecule has 2 aromatic heterocycles. The van der Waals surface area contributed by atoms with Crippen LogP contribution in [-0.2, 0) is 21.5 Å². The Bertz CT molecular complexity index is 629. The molecule has 0 spiro atoms. The van der Waals surface area contributed by atoms with E-state index in [0.717, 1.165) is 36.2 Å². The maximum atomic E-state index is 12.2. The Labute approximate surface area is 111 Å². The molecule has 0 saturated heterocycles. The normalized spacial score (nSPS) is 16.5. The molecule has 1 fully saturated rings. The number of pyridine rings is 1. The van der Waals surface area contributed by atoms with Gasteiger partial charge in [0.25, 0.3) is 0 Å². The molecule has 100 valence electrons. The van der Waals surface area contributed by atoms with Gasteiger partial charge >= 0.3 is 5.97 Å². The first-order chi connectivity index (χ1) is 9.23. The van der Waals surface area contributed by atoms with Gasteiger partial charge in [0.15, 0.2) is 0 Å². The number of aryl methyl sites for hydroxylation is 1. The van der Waals surface area contributed by atoms with E-state index < -0.39 is 5.41 Å². The summed E-state index contributed by atoms with van der Waals surface area (Å²) in [5, 5.41) is 0. The lowest BCUT2D eigenvalue weighted by molar-refractivity contribution is -0.146. The van der Waals surface area contributed by atoms with Gasteiger partial charge in [-0.3, -0.25) is 9.78 Å². The zero-order valence-corrected chi connectivity index (χ0v) is 11.2. The molecule has 0 radical (unpaired) electrons. The van der Waals surface area contributed by atoms with E-state index >= 15 is 0 Å².